The molecular formula is C15H21N3O4S. The van der Waals surface area contributed by atoms with E-state index >= 15 is 0 Å². The molecule has 0 saturated heterocycles. The molecule has 1 aliphatic carbocycles. The number of furan rings is 1. The summed E-state index contributed by atoms with van der Waals surface area (Å²) in [6.07, 6.45) is 8.04. The van der Waals surface area contributed by atoms with E-state index in [0.29, 0.717) is 18.3 Å². The molecule has 8 heteroatoms. The van der Waals surface area contributed by atoms with E-state index in [-0.39, 0.29) is 11.3 Å². The number of sulfone groups is 1. The van der Waals surface area contributed by atoms with Crippen LogP contribution in [0.2, 0.25) is 0 Å². The smallest absolute Gasteiger partial charge is 0.241 e. The van der Waals surface area contributed by atoms with E-state index in [4.69, 9.17) is 8.94 Å². The standard InChI is InChI=1S/C15H21N3O4S/c1-18(12-5-3-4-6-13(12)23(2,19)20)9-14-16-15(17-22-14)11-7-8-21-10-11/h7-8,10,12-13H,3-6,9H2,1-2H3/t12-,13+/m0/s1. The predicted octanol–water partition coefficient (Wildman–Crippen LogP) is 2.12. The summed E-state index contributed by atoms with van der Waals surface area (Å²) < 4.78 is 34.3. The molecule has 0 aromatic carbocycles. The second-order valence-electron chi connectivity index (χ2n) is 6.16. The van der Waals surface area contributed by atoms with Crippen LogP contribution >= 0.6 is 0 Å². The summed E-state index contributed by atoms with van der Waals surface area (Å²) in [4.78, 5) is 6.36. The third-order valence-electron chi connectivity index (χ3n) is 4.42. The van der Waals surface area contributed by atoms with Gasteiger partial charge in [-0.1, -0.05) is 18.0 Å². The quantitative estimate of drug-likeness (QED) is 0.824. The second kappa shape index (κ2) is 6.45. The number of aromatic nitrogens is 2. The van der Waals surface area contributed by atoms with Crippen LogP contribution in [0.3, 0.4) is 0 Å². The Kier molecular flexibility index (Phi) is 4.54. The van der Waals surface area contributed by atoms with Gasteiger partial charge in [0.05, 0.1) is 23.6 Å². The van der Waals surface area contributed by atoms with Crippen molar-refractivity contribution in [3.05, 3.63) is 24.5 Å². The average molecular weight is 339 g/mol. The van der Waals surface area contributed by atoms with Crippen LogP contribution in [0, 0.1) is 0 Å². The van der Waals surface area contributed by atoms with E-state index in [1.807, 2.05) is 11.9 Å². The lowest BCUT2D eigenvalue weighted by Gasteiger charge is -2.36. The third kappa shape index (κ3) is 3.64. The van der Waals surface area contributed by atoms with Crippen LogP contribution in [0.5, 0.6) is 0 Å². The average Bonchev–Trinajstić information content (AvgIpc) is 3.17. The molecule has 1 saturated carbocycles. The van der Waals surface area contributed by atoms with Gasteiger partial charge in [-0.3, -0.25) is 4.90 Å². The molecule has 2 heterocycles. The summed E-state index contributed by atoms with van der Waals surface area (Å²) in [5, 5.41) is 3.61. The predicted molar refractivity (Wildman–Crippen MR) is 84.4 cm³/mol. The minimum Gasteiger partial charge on any atom is -0.472 e. The Morgan fingerprint density at radius 2 is 2.13 bits per heavy atom. The van der Waals surface area contributed by atoms with Crippen molar-refractivity contribution in [1.29, 1.82) is 0 Å². The highest BCUT2D eigenvalue weighted by molar-refractivity contribution is 7.91. The maximum absolute atomic E-state index is 12.0. The van der Waals surface area contributed by atoms with Crippen molar-refractivity contribution in [2.45, 2.75) is 43.5 Å². The Morgan fingerprint density at radius 1 is 1.35 bits per heavy atom. The Bertz CT molecular complexity index is 739. The first-order valence-electron chi connectivity index (χ1n) is 7.69. The largest absolute Gasteiger partial charge is 0.472 e. The number of hydrogen-bond donors (Lipinski definition) is 0. The molecule has 0 radical (unpaired) electrons. The third-order valence-corrected chi connectivity index (χ3v) is 6.07. The number of rotatable bonds is 5. The fraction of sp³-hybridized carbons (Fsp3) is 0.600. The molecular weight excluding hydrogens is 318 g/mol. The molecule has 0 amide bonds. The Morgan fingerprint density at radius 3 is 2.83 bits per heavy atom. The van der Waals surface area contributed by atoms with Crippen molar-refractivity contribution >= 4 is 9.84 Å². The highest BCUT2D eigenvalue weighted by atomic mass is 32.2. The van der Waals surface area contributed by atoms with Gasteiger partial charge in [-0.2, -0.15) is 4.98 Å². The van der Waals surface area contributed by atoms with E-state index in [1.165, 1.54) is 6.26 Å². The van der Waals surface area contributed by atoms with Crippen LogP contribution in [0.15, 0.2) is 27.5 Å². The van der Waals surface area contributed by atoms with Crippen molar-refractivity contribution in [1.82, 2.24) is 15.0 Å². The minimum absolute atomic E-state index is 0.0111. The van der Waals surface area contributed by atoms with Crippen LogP contribution in [0.25, 0.3) is 11.4 Å². The zero-order valence-corrected chi connectivity index (χ0v) is 14.1. The Labute approximate surface area is 135 Å². The van der Waals surface area contributed by atoms with E-state index in [0.717, 1.165) is 31.2 Å². The Hall–Kier alpha value is -1.67. The molecule has 3 rings (SSSR count). The van der Waals surface area contributed by atoms with Gasteiger partial charge in [0.25, 0.3) is 0 Å². The first kappa shape index (κ1) is 16.2. The van der Waals surface area contributed by atoms with Crippen molar-refractivity contribution in [2.24, 2.45) is 0 Å². The van der Waals surface area contributed by atoms with Gasteiger partial charge in [0.2, 0.25) is 11.7 Å². The van der Waals surface area contributed by atoms with E-state index < -0.39 is 9.84 Å². The Balaban J connectivity index is 1.72. The van der Waals surface area contributed by atoms with Crippen LogP contribution in [-0.2, 0) is 16.4 Å². The molecule has 2 aromatic heterocycles. The fourth-order valence-electron chi connectivity index (χ4n) is 3.24. The molecule has 1 aliphatic rings. The first-order chi connectivity index (χ1) is 10.9. The van der Waals surface area contributed by atoms with Crippen LogP contribution in [0.4, 0.5) is 0 Å². The fourth-order valence-corrected chi connectivity index (χ4v) is 4.75. The van der Waals surface area contributed by atoms with Crippen molar-refractivity contribution < 1.29 is 17.4 Å². The normalized spacial score (nSPS) is 22.6. The molecule has 1 fully saturated rings. The van der Waals surface area contributed by atoms with Gasteiger partial charge >= 0.3 is 0 Å². The molecule has 0 N–H and O–H groups in total. The van der Waals surface area contributed by atoms with Gasteiger partial charge in [-0.25, -0.2) is 8.42 Å². The van der Waals surface area contributed by atoms with Crippen molar-refractivity contribution in [3.63, 3.8) is 0 Å². The summed E-state index contributed by atoms with van der Waals surface area (Å²) in [6.45, 7) is 0.432. The molecule has 0 bridgehead atoms. The molecule has 2 atom stereocenters. The molecule has 126 valence electrons. The van der Waals surface area contributed by atoms with Crippen LogP contribution in [-0.4, -0.2) is 48.1 Å². The topological polar surface area (TPSA) is 89.4 Å². The molecule has 0 unspecified atom stereocenters. The molecule has 0 spiro atoms. The molecule has 0 aliphatic heterocycles. The highest BCUT2D eigenvalue weighted by Crippen LogP contribution is 2.28. The molecule has 7 nitrogen and oxygen atoms in total. The van der Waals surface area contributed by atoms with Gasteiger partial charge < -0.3 is 8.94 Å². The monoisotopic (exact) mass is 339 g/mol. The van der Waals surface area contributed by atoms with Gasteiger partial charge in [-0.05, 0) is 26.0 Å². The van der Waals surface area contributed by atoms with Crippen molar-refractivity contribution in [3.8, 4) is 11.4 Å². The molecule has 23 heavy (non-hydrogen) atoms. The lowest BCUT2D eigenvalue weighted by molar-refractivity contribution is 0.167. The van der Waals surface area contributed by atoms with Crippen molar-refractivity contribution in [2.75, 3.05) is 13.3 Å². The van der Waals surface area contributed by atoms with Crippen LogP contribution in [0.1, 0.15) is 31.6 Å². The van der Waals surface area contributed by atoms with E-state index in [9.17, 15) is 8.42 Å². The second-order valence-corrected chi connectivity index (χ2v) is 8.42. The summed E-state index contributed by atoms with van der Waals surface area (Å²) in [5.41, 5.74) is 0.759. The highest BCUT2D eigenvalue weighted by Gasteiger charge is 2.35. The lowest BCUT2D eigenvalue weighted by atomic mass is 9.94. The SMILES string of the molecule is CN(Cc1nc(-c2ccoc2)no1)[C@H]1CCCC[C@H]1S(C)(=O)=O. The number of hydrogen-bond acceptors (Lipinski definition) is 7. The maximum atomic E-state index is 12.0. The lowest BCUT2D eigenvalue weighted by Crippen LogP contribution is -2.46. The molecule has 2 aromatic rings. The van der Waals surface area contributed by atoms with E-state index in [1.54, 1.807) is 18.6 Å². The minimum atomic E-state index is -3.06. The summed E-state index contributed by atoms with van der Waals surface area (Å²) >= 11 is 0. The summed E-state index contributed by atoms with van der Waals surface area (Å²) in [7, 11) is -1.15. The zero-order chi connectivity index (χ0) is 16.4. The zero-order valence-electron chi connectivity index (χ0n) is 13.3. The van der Waals surface area contributed by atoms with Crippen LogP contribution < -0.4 is 0 Å². The maximum Gasteiger partial charge on any atom is 0.241 e. The van der Waals surface area contributed by atoms with Gasteiger partial charge in [0.15, 0.2) is 9.84 Å². The van der Waals surface area contributed by atoms with Gasteiger partial charge in [-0.15, -0.1) is 0 Å². The number of nitrogens with zero attached hydrogens (tertiary/aromatic N) is 3. The van der Waals surface area contributed by atoms with E-state index in [2.05, 4.69) is 10.1 Å². The van der Waals surface area contributed by atoms with Gasteiger partial charge in [0, 0.05) is 12.3 Å². The summed E-state index contributed by atoms with van der Waals surface area (Å²) in [5.74, 6) is 0.951. The summed E-state index contributed by atoms with van der Waals surface area (Å²) in [6, 6.07) is 1.75. The van der Waals surface area contributed by atoms with Gasteiger partial charge in [0.1, 0.15) is 6.26 Å². The first-order valence-corrected chi connectivity index (χ1v) is 9.65.